The molecule has 3 aromatic rings. The molecular weight excluding hydrogens is 352 g/mol. The van der Waals surface area contributed by atoms with Crippen molar-refractivity contribution in [1.82, 2.24) is 9.97 Å². The van der Waals surface area contributed by atoms with Gasteiger partial charge in [-0.3, -0.25) is 0 Å². The van der Waals surface area contributed by atoms with E-state index < -0.39 is 0 Å². The summed E-state index contributed by atoms with van der Waals surface area (Å²) in [6, 6.07) is 17.8. The van der Waals surface area contributed by atoms with Crippen LogP contribution in [0.3, 0.4) is 0 Å². The second-order valence-electron chi connectivity index (χ2n) is 4.26. The van der Waals surface area contributed by atoms with Gasteiger partial charge >= 0.3 is 0 Å². The van der Waals surface area contributed by atoms with Crippen molar-refractivity contribution in [3.05, 3.63) is 70.6 Å². The second-order valence-corrected chi connectivity index (χ2v) is 5.45. The van der Waals surface area contributed by atoms with Crippen LogP contribution >= 0.6 is 27.5 Å². The molecule has 0 radical (unpaired) electrons. The monoisotopic (exact) mass is 360 g/mol. The van der Waals surface area contributed by atoms with Gasteiger partial charge in [0.2, 0.25) is 11.2 Å². The van der Waals surface area contributed by atoms with Crippen LogP contribution in [-0.4, -0.2) is 9.97 Å². The largest absolute Gasteiger partial charge is 0.437 e. The van der Waals surface area contributed by atoms with Crippen molar-refractivity contribution < 1.29 is 4.74 Å². The number of hydrogen-bond donors (Lipinski definition) is 0. The molecule has 5 heteroatoms. The lowest BCUT2D eigenvalue weighted by Crippen LogP contribution is -1.93. The number of benzene rings is 2. The highest BCUT2D eigenvalue weighted by Gasteiger charge is 2.10. The quantitative estimate of drug-likeness (QED) is 0.590. The normalized spacial score (nSPS) is 10.4. The maximum Gasteiger partial charge on any atom is 0.238 e. The van der Waals surface area contributed by atoms with E-state index in [-0.39, 0.29) is 5.28 Å². The first kappa shape index (κ1) is 14.0. The van der Waals surface area contributed by atoms with Crippen LogP contribution in [0.1, 0.15) is 0 Å². The molecule has 0 bridgehead atoms. The summed E-state index contributed by atoms with van der Waals surface area (Å²) in [6.45, 7) is 0. The Morgan fingerprint density at radius 1 is 0.952 bits per heavy atom. The number of ether oxygens (including phenoxy) is 1. The van der Waals surface area contributed by atoms with Crippen molar-refractivity contribution >= 4 is 27.5 Å². The van der Waals surface area contributed by atoms with Crippen LogP contribution in [0.25, 0.3) is 11.1 Å². The molecule has 0 spiro atoms. The molecule has 1 aromatic heterocycles. The van der Waals surface area contributed by atoms with Gasteiger partial charge in [0.1, 0.15) is 5.75 Å². The van der Waals surface area contributed by atoms with Crippen molar-refractivity contribution in [1.29, 1.82) is 0 Å². The van der Waals surface area contributed by atoms with Crippen LogP contribution in [0.5, 0.6) is 11.6 Å². The third-order valence-corrected chi connectivity index (χ3v) is 3.59. The molecule has 3 nitrogen and oxygen atoms in total. The van der Waals surface area contributed by atoms with Crippen LogP contribution in [0.4, 0.5) is 0 Å². The molecule has 0 atom stereocenters. The molecule has 0 amide bonds. The Kier molecular flexibility index (Phi) is 4.18. The number of rotatable bonds is 3. The predicted octanol–water partition coefficient (Wildman–Crippen LogP) is 5.35. The van der Waals surface area contributed by atoms with E-state index in [1.54, 1.807) is 6.20 Å². The zero-order valence-corrected chi connectivity index (χ0v) is 13.2. The zero-order chi connectivity index (χ0) is 14.7. The van der Waals surface area contributed by atoms with Crippen LogP contribution in [0.15, 0.2) is 65.3 Å². The number of para-hydroxylation sites is 1. The maximum absolute atomic E-state index is 5.89. The Balaban J connectivity index is 2.02. The third kappa shape index (κ3) is 3.23. The summed E-state index contributed by atoms with van der Waals surface area (Å²) in [7, 11) is 0. The van der Waals surface area contributed by atoms with E-state index in [0.29, 0.717) is 16.1 Å². The van der Waals surface area contributed by atoms with Crippen molar-refractivity contribution in [2.24, 2.45) is 0 Å². The number of nitrogens with zero attached hydrogens (tertiary/aromatic N) is 2. The fraction of sp³-hybridized carbons (Fsp3) is 0. The number of hydrogen-bond acceptors (Lipinski definition) is 3. The number of halogens is 2. The van der Waals surface area contributed by atoms with Crippen molar-refractivity contribution in [2.45, 2.75) is 0 Å². The standard InChI is InChI=1S/C16H10BrClN2O/c17-13-10-19-16(18)20-15(13)21-14-9-5-4-8-12(14)11-6-2-1-3-7-11/h1-10H. The van der Waals surface area contributed by atoms with Gasteiger partial charge in [-0.15, -0.1) is 0 Å². The van der Waals surface area contributed by atoms with Crippen LogP contribution in [-0.2, 0) is 0 Å². The van der Waals surface area contributed by atoms with Gasteiger partial charge in [-0.2, -0.15) is 4.98 Å². The summed E-state index contributed by atoms with van der Waals surface area (Å²) >= 11 is 9.18. The Labute approximate surface area is 135 Å². The topological polar surface area (TPSA) is 35.0 Å². The molecule has 0 aliphatic rings. The van der Waals surface area contributed by atoms with Gasteiger partial charge in [-0.25, -0.2) is 4.98 Å². The van der Waals surface area contributed by atoms with Gasteiger partial charge in [-0.1, -0.05) is 48.5 Å². The minimum atomic E-state index is 0.144. The first-order valence-electron chi connectivity index (χ1n) is 6.24. The predicted molar refractivity (Wildman–Crippen MR) is 86.7 cm³/mol. The molecule has 0 fully saturated rings. The van der Waals surface area contributed by atoms with Crippen LogP contribution < -0.4 is 4.74 Å². The Morgan fingerprint density at radius 2 is 1.67 bits per heavy atom. The molecule has 0 saturated heterocycles. The molecule has 0 aliphatic heterocycles. The van der Waals surface area contributed by atoms with Gasteiger partial charge in [0.15, 0.2) is 0 Å². The molecule has 3 rings (SSSR count). The second kappa shape index (κ2) is 6.24. The third-order valence-electron chi connectivity index (χ3n) is 2.86. The Bertz CT molecular complexity index is 765. The molecule has 0 aliphatic carbocycles. The summed E-state index contributed by atoms with van der Waals surface area (Å²) in [6.07, 6.45) is 1.57. The van der Waals surface area contributed by atoms with E-state index in [0.717, 1.165) is 11.1 Å². The van der Waals surface area contributed by atoms with E-state index in [1.165, 1.54) is 0 Å². The van der Waals surface area contributed by atoms with Crippen molar-refractivity contribution in [2.75, 3.05) is 0 Å². The molecule has 0 N–H and O–H groups in total. The summed E-state index contributed by atoms with van der Waals surface area (Å²) in [4.78, 5) is 7.98. The first-order valence-corrected chi connectivity index (χ1v) is 7.41. The van der Waals surface area contributed by atoms with Crippen LogP contribution in [0, 0.1) is 0 Å². The Morgan fingerprint density at radius 3 is 2.48 bits per heavy atom. The summed E-state index contributed by atoms with van der Waals surface area (Å²) < 4.78 is 6.54. The lowest BCUT2D eigenvalue weighted by molar-refractivity contribution is 0.460. The van der Waals surface area contributed by atoms with E-state index >= 15 is 0 Å². The van der Waals surface area contributed by atoms with Gasteiger partial charge < -0.3 is 4.74 Å². The smallest absolute Gasteiger partial charge is 0.238 e. The summed E-state index contributed by atoms with van der Waals surface area (Å²) in [5.41, 5.74) is 2.06. The van der Waals surface area contributed by atoms with Crippen molar-refractivity contribution in [3.8, 4) is 22.8 Å². The highest BCUT2D eigenvalue weighted by atomic mass is 79.9. The fourth-order valence-electron chi connectivity index (χ4n) is 1.92. The van der Waals surface area contributed by atoms with Gasteiger partial charge in [0.05, 0.1) is 4.47 Å². The van der Waals surface area contributed by atoms with Crippen LogP contribution in [0.2, 0.25) is 5.28 Å². The van der Waals surface area contributed by atoms with Gasteiger partial charge in [-0.05, 0) is 39.2 Å². The highest BCUT2D eigenvalue weighted by Crippen LogP contribution is 2.35. The summed E-state index contributed by atoms with van der Waals surface area (Å²) in [5, 5.41) is 0.144. The van der Waals surface area contributed by atoms with Crippen molar-refractivity contribution in [3.63, 3.8) is 0 Å². The number of aromatic nitrogens is 2. The zero-order valence-electron chi connectivity index (χ0n) is 10.8. The molecule has 21 heavy (non-hydrogen) atoms. The molecule has 0 unspecified atom stereocenters. The fourth-order valence-corrected chi connectivity index (χ4v) is 2.32. The molecule has 1 heterocycles. The minimum absolute atomic E-state index is 0.144. The molecule has 2 aromatic carbocycles. The van der Waals surface area contributed by atoms with Gasteiger partial charge in [0.25, 0.3) is 0 Å². The van der Waals surface area contributed by atoms with E-state index in [9.17, 15) is 0 Å². The molecular formula is C16H10BrClN2O. The average molecular weight is 362 g/mol. The SMILES string of the molecule is Clc1ncc(Br)c(Oc2ccccc2-c2ccccc2)n1. The van der Waals surface area contributed by atoms with E-state index in [4.69, 9.17) is 16.3 Å². The van der Waals surface area contributed by atoms with E-state index in [1.807, 2.05) is 54.6 Å². The van der Waals surface area contributed by atoms with E-state index in [2.05, 4.69) is 25.9 Å². The summed E-state index contributed by atoms with van der Waals surface area (Å²) in [5.74, 6) is 1.09. The first-order chi connectivity index (χ1) is 10.2. The minimum Gasteiger partial charge on any atom is -0.437 e. The maximum atomic E-state index is 5.89. The lowest BCUT2D eigenvalue weighted by Gasteiger charge is -2.11. The highest BCUT2D eigenvalue weighted by molar-refractivity contribution is 9.10. The lowest BCUT2D eigenvalue weighted by atomic mass is 10.1. The average Bonchev–Trinajstić information content (AvgIpc) is 2.52. The van der Waals surface area contributed by atoms with Gasteiger partial charge in [0, 0.05) is 11.8 Å². The Hall–Kier alpha value is -1.91. The molecule has 0 saturated carbocycles. The molecule has 104 valence electrons.